The molecule has 0 unspecified atom stereocenters. The number of benzene rings is 3. The number of halogens is 2. The Balaban J connectivity index is 1.48. The minimum Gasteiger partial charge on any atom is -0.493 e. The van der Waals surface area contributed by atoms with Gasteiger partial charge in [-0.1, -0.05) is 92.2 Å². The van der Waals surface area contributed by atoms with Crippen molar-refractivity contribution in [3.05, 3.63) is 115 Å². The molecule has 0 amide bonds. The molecule has 240 valence electrons. The van der Waals surface area contributed by atoms with Crippen molar-refractivity contribution < 1.29 is 19.1 Å². The molecule has 0 fully saturated rings. The average molecular weight is 748 g/mol. The third-order valence-corrected chi connectivity index (χ3v) is 10.8. The lowest BCUT2D eigenvalue weighted by molar-refractivity contribution is -0.119. The number of methoxy groups -OCH3 is 1. The van der Waals surface area contributed by atoms with Gasteiger partial charge in [-0.2, -0.15) is 0 Å². The fourth-order valence-electron chi connectivity index (χ4n) is 7.35. The minimum atomic E-state index is -0.465. The average Bonchev–Trinajstić information content (AvgIpc) is 2.99. The van der Waals surface area contributed by atoms with Gasteiger partial charge in [-0.15, -0.1) is 0 Å². The van der Waals surface area contributed by atoms with E-state index in [2.05, 4.69) is 88.7 Å². The number of nitrogens with zero attached hydrogens (tertiary/aromatic N) is 1. The van der Waals surface area contributed by atoms with Crippen molar-refractivity contribution in [1.82, 2.24) is 4.90 Å². The summed E-state index contributed by atoms with van der Waals surface area (Å²) in [5.41, 5.74) is 6.40. The molecule has 0 bridgehead atoms. The fraction of sp³-hybridized carbons (Fsp3) is 0.385. The third-order valence-electron chi connectivity index (χ3n) is 9.40. The van der Waals surface area contributed by atoms with Crippen molar-refractivity contribution in [2.45, 2.75) is 72.3 Å². The molecule has 0 saturated heterocycles. The summed E-state index contributed by atoms with van der Waals surface area (Å²) in [7, 11) is 1.63. The Kier molecular flexibility index (Phi) is 9.12. The Morgan fingerprint density at radius 1 is 0.783 bits per heavy atom. The monoisotopic (exact) mass is 745 g/mol. The van der Waals surface area contributed by atoms with Crippen molar-refractivity contribution in [2.24, 2.45) is 10.8 Å². The Labute approximate surface area is 289 Å². The number of hydrogen-bond donors (Lipinski definition) is 0. The van der Waals surface area contributed by atoms with Gasteiger partial charge in [-0.3, -0.25) is 9.59 Å². The van der Waals surface area contributed by atoms with Gasteiger partial charge in [0.15, 0.2) is 23.1 Å². The van der Waals surface area contributed by atoms with E-state index in [1.807, 2.05) is 42.5 Å². The minimum absolute atomic E-state index is 0.120. The van der Waals surface area contributed by atoms with Crippen LogP contribution < -0.4 is 9.47 Å². The maximum Gasteiger partial charge on any atom is 0.175 e. The van der Waals surface area contributed by atoms with Crippen LogP contribution in [0.2, 0.25) is 0 Å². The molecule has 1 aliphatic heterocycles. The van der Waals surface area contributed by atoms with Crippen LogP contribution in [0.5, 0.6) is 11.5 Å². The van der Waals surface area contributed by atoms with Crippen LogP contribution in [0.3, 0.4) is 0 Å². The van der Waals surface area contributed by atoms with Crippen LogP contribution in [0.4, 0.5) is 0 Å². The second-order valence-electron chi connectivity index (χ2n) is 14.3. The number of hydrogen-bond acceptors (Lipinski definition) is 5. The molecule has 2 aliphatic carbocycles. The van der Waals surface area contributed by atoms with Crippen LogP contribution in [-0.4, -0.2) is 30.1 Å². The van der Waals surface area contributed by atoms with Crippen LogP contribution >= 0.6 is 31.9 Å². The Morgan fingerprint density at radius 3 is 1.96 bits per heavy atom. The summed E-state index contributed by atoms with van der Waals surface area (Å²) < 4.78 is 13.9. The fourth-order valence-corrected chi connectivity index (χ4v) is 8.32. The van der Waals surface area contributed by atoms with E-state index in [9.17, 15) is 9.59 Å². The van der Waals surface area contributed by atoms with Crippen LogP contribution in [0.15, 0.2) is 98.2 Å². The molecular formula is C39H41Br2NO4. The molecule has 3 aromatic rings. The highest BCUT2D eigenvalue weighted by atomic mass is 79.9. The molecule has 0 N–H and O–H groups in total. The molecule has 7 heteroatoms. The molecule has 46 heavy (non-hydrogen) atoms. The highest BCUT2D eigenvalue weighted by molar-refractivity contribution is 9.10. The van der Waals surface area contributed by atoms with Gasteiger partial charge in [-0.05, 0) is 75.3 Å². The molecular weight excluding hydrogens is 706 g/mol. The van der Waals surface area contributed by atoms with E-state index in [0.29, 0.717) is 30.9 Å². The molecule has 0 radical (unpaired) electrons. The van der Waals surface area contributed by atoms with Crippen molar-refractivity contribution >= 4 is 43.4 Å². The standard InChI is InChI=1S/C39H41Br2NO4/c1-38(2)19-29-35(31(43)21-38)34(26-17-28(41)37(33(18-26)45-5)46-23-25-13-9-10-14-27(25)40)36-30(20-39(3,4)22-32(36)44)42(29)16-15-24-11-7-6-8-12-24/h6-14,17-18,34H,15-16,19-23H2,1-5H3. The summed E-state index contributed by atoms with van der Waals surface area (Å²) >= 11 is 7.38. The number of ketones is 2. The lowest BCUT2D eigenvalue weighted by atomic mass is 9.63. The smallest absolute Gasteiger partial charge is 0.175 e. The maximum absolute atomic E-state index is 14.3. The number of rotatable bonds is 8. The van der Waals surface area contributed by atoms with E-state index in [-0.39, 0.29) is 22.4 Å². The molecule has 0 atom stereocenters. The summed E-state index contributed by atoms with van der Waals surface area (Å²) in [4.78, 5) is 30.9. The number of ether oxygens (including phenoxy) is 2. The zero-order valence-electron chi connectivity index (χ0n) is 27.2. The maximum atomic E-state index is 14.3. The topological polar surface area (TPSA) is 55.8 Å². The number of allylic oxidation sites excluding steroid dienone is 4. The van der Waals surface area contributed by atoms with Gasteiger partial charge < -0.3 is 14.4 Å². The van der Waals surface area contributed by atoms with E-state index in [4.69, 9.17) is 9.47 Å². The summed E-state index contributed by atoms with van der Waals surface area (Å²) in [5, 5.41) is 0. The first-order valence-electron chi connectivity index (χ1n) is 15.9. The first-order chi connectivity index (χ1) is 21.9. The van der Waals surface area contributed by atoms with Crippen molar-refractivity contribution in [3.63, 3.8) is 0 Å². The van der Waals surface area contributed by atoms with Crippen LogP contribution in [0.25, 0.3) is 0 Å². The summed E-state index contributed by atoms with van der Waals surface area (Å²) in [6, 6.07) is 22.4. The highest BCUT2D eigenvalue weighted by Gasteiger charge is 2.49. The van der Waals surface area contributed by atoms with E-state index < -0.39 is 5.92 Å². The molecule has 1 heterocycles. The molecule has 3 aromatic carbocycles. The third kappa shape index (κ3) is 6.50. The first-order valence-corrected chi connectivity index (χ1v) is 17.5. The second kappa shape index (κ2) is 12.8. The van der Waals surface area contributed by atoms with Gasteiger partial charge >= 0.3 is 0 Å². The van der Waals surface area contributed by atoms with Crippen molar-refractivity contribution in [2.75, 3.05) is 13.7 Å². The largest absolute Gasteiger partial charge is 0.493 e. The van der Waals surface area contributed by atoms with Gasteiger partial charge in [0.05, 0.1) is 11.6 Å². The molecule has 0 saturated carbocycles. The summed E-state index contributed by atoms with van der Waals surface area (Å²) in [6.07, 6.45) is 3.27. The first kappa shape index (κ1) is 32.8. The second-order valence-corrected chi connectivity index (χ2v) is 16.0. The summed E-state index contributed by atoms with van der Waals surface area (Å²) in [6.45, 7) is 9.77. The number of Topliss-reactive ketones (excluding diaryl/α,β-unsaturated/α-hetero) is 2. The Morgan fingerprint density at radius 2 is 1.37 bits per heavy atom. The SMILES string of the molecule is COc1cc(C2C3=C(CC(C)(C)CC3=O)N(CCc3ccccc3)C3=C2C(=O)CC(C)(C)C3)cc(Br)c1OCc1ccccc1Br. The highest BCUT2D eigenvalue weighted by Crippen LogP contribution is 2.55. The predicted molar refractivity (Wildman–Crippen MR) is 189 cm³/mol. The van der Waals surface area contributed by atoms with Crippen LogP contribution in [0.1, 0.15) is 76.0 Å². The van der Waals surface area contributed by atoms with Crippen molar-refractivity contribution in [3.8, 4) is 11.5 Å². The van der Waals surface area contributed by atoms with Crippen LogP contribution in [-0.2, 0) is 22.6 Å². The number of carbonyl (C=O) groups is 2. The molecule has 0 spiro atoms. The molecule has 3 aliphatic rings. The zero-order valence-corrected chi connectivity index (χ0v) is 30.4. The van der Waals surface area contributed by atoms with Crippen molar-refractivity contribution in [1.29, 1.82) is 0 Å². The van der Waals surface area contributed by atoms with E-state index in [0.717, 1.165) is 68.4 Å². The zero-order chi connectivity index (χ0) is 32.8. The lowest BCUT2D eigenvalue weighted by Crippen LogP contribution is -2.45. The molecule has 6 rings (SSSR count). The van der Waals surface area contributed by atoms with Crippen LogP contribution in [0, 0.1) is 10.8 Å². The van der Waals surface area contributed by atoms with Gasteiger partial charge in [0.2, 0.25) is 0 Å². The van der Waals surface area contributed by atoms with Gasteiger partial charge in [0.1, 0.15) is 6.61 Å². The van der Waals surface area contributed by atoms with Gasteiger partial charge in [0.25, 0.3) is 0 Å². The Bertz CT molecular complexity index is 1700. The van der Waals surface area contributed by atoms with E-state index in [1.54, 1.807) is 7.11 Å². The lowest BCUT2D eigenvalue weighted by Gasteiger charge is -2.49. The molecule has 0 aromatic heterocycles. The Hall–Kier alpha value is -3.16. The van der Waals surface area contributed by atoms with Gasteiger partial charge in [-0.25, -0.2) is 0 Å². The normalized spacial score (nSPS) is 19.2. The quantitative estimate of drug-likeness (QED) is 0.230. The summed E-state index contributed by atoms with van der Waals surface area (Å²) in [5.74, 6) is 0.911. The van der Waals surface area contributed by atoms with E-state index in [1.165, 1.54) is 5.56 Å². The molecule has 5 nitrogen and oxygen atoms in total. The van der Waals surface area contributed by atoms with E-state index >= 15 is 0 Å². The van der Waals surface area contributed by atoms with Gasteiger partial charge in [0, 0.05) is 57.9 Å². The number of carbonyl (C=O) groups excluding carboxylic acids is 2. The predicted octanol–water partition coefficient (Wildman–Crippen LogP) is 9.73.